The van der Waals surface area contributed by atoms with Gasteiger partial charge in [0, 0.05) is 30.8 Å². The first-order chi connectivity index (χ1) is 12.8. The van der Waals surface area contributed by atoms with Crippen LogP contribution in [0.2, 0.25) is 0 Å². The Hall–Kier alpha value is -2.84. The van der Waals surface area contributed by atoms with Gasteiger partial charge in [0.25, 0.3) is 0 Å². The van der Waals surface area contributed by atoms with Crippen LogP contribution < -0.4 is 4.74 Å². The standard InChI is InChI=1S/C21H20FNO3/c22-19-12-18(7-6-16-8-10-25-11-9-16)20(14-23-24)21(13-19)26-15-17-4-2-1-3-5-17/h1-5,12-14,16,24H,8-11,15H2. The van der Waals surface area contributed by atoms with E-state index in [4.69, 9.17) is 14.7 Å². The van der Waals surface area contributed by atoms with E-state index >= 15 is 0 Å². The van der Waals surface area contributed by atoms with Crippen LogP contribution >= 0.6 is 0 Å². The fraction of sp³-hybridized carbons (Fsp3) is 0.286. The van der Waals surface area contributed by atoms with Crippen molar-refractivity contribution in [2.45, 2.75) is 19.4 Å². The van der Waals surface area contributed by atoms with Gasteiger partial charge in [-0.15, -0.1) is 0 Å². The third-order valence-corrected chi connectivity index (χ3v) is 4.16. The van der Waals surface area contributed by atoms with Crippen molar-refractivity contribution in [3.63, 3.8) is 0 Å². The summed E-state index contributed by atoms with van der Waals surface area (Å²) in [5, 5.41) is 12.1. The summed E-state index contributed by atoms with van der Waals surface area (Å²) in [6.45, 7) is 1.67. The molecule has 134 valence electrons. The molecule has 1 aliphatic rings. The lowest BCUT2D eigenvalue weighted by Gasteiger charge is -2.16. The summed E-state index contributed by atoms with van der Waals surface area (Å²) in [5.74, 6) is 6.26. The Labute approximate surface area is 152 Å². The first-order valence-corrected chi connectivity index (χ1v) is 8.53. The SMILES string of the molecule is ON=Cc1c(C#CC2CCOCC2)cc(F)cc1OCc1ccccc1. The molecule has 0 aliphatic carbocycles. The number of halogens is 1. The van der Waals surface area contributed by atoms with Crippen molar-refractivity contribution < 1.29 is 19.1 Å². The van der Waals surface area contributed by atoms with E-state index in [1.807, 2.05) is 30.3 Å². The van der Waals surface area contributed by atoms with E-state index in [-0.39, 0.29) is 12.5 Å². The second-order valence-corrected chi connectivity index (χ2v) is 6.04. The van der Waals surface area contributed by atoms with Gasteiger partial charge in [-0.3, -0.25) is 0 Å². The molecule has 2 aromatic rings. The van der Waals surface area contributed by atoms with Gasteiger partial charge in [0.1, 0.15) is 18.2 Å². The molecule has 1 heterocycles. The largest absolute Gasteiger partial charge is 0.488 e. The maximum Gasteiger partial charge on any atom is 0.132 e. The minimum absolute atomic E-state index is 0.222. The summed E-state index contributed by atoms with van der Waals surface area (Å²) in [6, 6.07) is 12.2. The lowest BCUT2D eigenvalue weighted by Crippen LogP contribution is -2.14. The zero-order valence-corrected chi connectivity index (χ0v) is 14.3. The first kappa shape index (κ1) is 18.0. The third-order valence-electron chi connectivity index (χ3n) is 4.16. The van der Waals surface area contributed by atoms with E-state index in [1.54, 1.807) is 0 Å². The van der Waals surface area contributed by atoms with Gasteiger partial charge < -0.3 is 14.7 Å². The number of oxime groups is 1. The van der Waals surface area contributed by atoms with Crippen LogP contribution in [0.3, 0.4) is 0 Å². The van der Waals surface area contributed by atoms with Crippen LogP contribution in [-0.2, 0) is 11.3 Å². The molecule has 1 saturated heterocycles. The molecule has 1 aliphatic heterocycles. The minimum Gasteiger partial charge on any atom is -0.488 e. The molecule has 0 amide bonds. The molecule has 0 spiro atoms. The van der Waals surface area contributed by atoms with Gasteiger partial charge >= 0.3 is 0 Å². The van der Waals surface area contributed by atoms with Crippen molar-refractivity contribution in [1.82, 2.24) is 0 Å². The molecular formula is C21H20FNO3. The van der Waals surface area contributed by atoms with Gasteiger partial charge in [0.05, 0.1) is 11.8 Å². The molecule has 2 aromatic carbocycles. The van der Waals surface area contributed by atoms with Gasteiger partial charge in [-0.05, 0) is 24.5 Å². The Morgan fingerprint density at radius 1 is 1.23 bits per heavy atom. The topological polar surface area (TPSA) is 51.1 Å². The highest BCUT2D eigenvalue weighted by Gasteiger charge is 2.13. The Morgan fingerprint density at radius 3 is 2.73 bits per heavy atom. The molecule has 4 nitrogen and oxygen atoms in total. The van der Waals surface area contributed by atoms with Crippen molar-refractivity contribution in [1.29, 1.82) is 0 Å². The summed E-state index contributed by atoms with van der Waals surface area (Å²) >= 11 is 0. The van der Waals surface area contributed by atoms with Crippen LogP contribution in [0.25, 0.3) is 0 Å². The van der Waals surface area contributed by atoms with Crippen LogP contribution in [-0.4, -0.2) is 24.6 Å². The molecular weight excluding hydrogens is 333 g/mol. The van der Waals surface area contributed by atoms with Crippen molar-refractivity contribution >= 4 is 6.21 Å². The van der Waals surface area contributed by atoms with Crippen LogP contribution in [0, 0.1) is 23.6 Å². The normalized spacial score (nSPS) is 14.8. The predicted octanol–water partition coefficient (Wildman–Crippen LogP) is 3.99. The van der Waals surface area contributed by atoms with Gasteiger partial charge in [0.15, 0.2) is 0 Å². The van der Waals surface area contributed by atoms with Crippen molar-refractivity contribution in [3.05, 3.63) is 65.0 Å². The van der Waals surface area contributed by atoms with E-state index in [1.165, 1.54) is 18.3 Å². The Balaban J connectivity index is 1.86. The number of ether oxygens (including phenoxy) is 2. The second kappa shape index (κ2) is 9.02. The van der Waals surface area contributed by atoms with E-state index in [0.717, 1.165) is 18.4 Å². The highest BCUT2D eigenvalue weighted by molar-refractivity contribution is 5.87. The van der Waals surface area contributed by atoms with E-state index in [2.05, 4.69) is 17.0 Å². The molecule has 0 unspecified atom stereocenters. The Morgan fingerprint density at radius 2 is 2.00 bits per heavy atom. The molecule has 5 heteroatoms. The predicted molar refractivity (Wildman–Crippen MR) is 97.0 cm³/mol. The first-order valence-electron chi connectivity index (χ1n) is 8.53. The summed E-state index contributed by atoms with van der Waals surface area (Å²) < 4.78 is 25.1. The van der Waals surface area contributed by atoms with Crippen LogP contribution in [0.15, 0.2) is 47.6 Å². The van der Waals surface area contributed by atoms with E-state index < -0.39 is 5.82 Å². The number of hydrogen-bond acceptors (Lipinski definition) is 4. The second-order valence-electron chi connectivity index (χ2n) is 6.04. The monoisotopic (exact) mass is 353 g/mol. The van der Waals surface area contributed by atoms with Gasteiger partial charge in [-0.2, -0.15) is 0 Å². The fourth-order valence-electron chi connectivity index (χ4n) is 2.76. The van der Waals surface area contributed by atoms with Gasteiger partial charge in [0.2, 0.25) is 0 Å². The summed E-state index contributed by atoms with van der Waals surface area (Å²) in [5.41, 5.74) is 1.86. The average Bonchev–Trinajstić information content (AvgIpc) is 2.68. The Kier molecular flexibility index (Phi) is 6.24. The highest BCUT2D eigenvalue weighted by Crippen LogP contribution is 2.24. The number of nitrogens with zero attached hydrogens (tertiary/aromatic N) is 1. The molecule has 1 fully saturated rings. The number of rotatable bonds is 4. The lowest BCUT2D eigenvalue weighted by molar-refractivity contribution is 0.0807. The molecule has 0 bridgehead atoms. The molecule has 3 rings (SSSR count). The van der Waals surface area contributed by atoms with Gasteiger partial charge in [-0.1, -0.05) is 47.3 Å². The highest BCUT2D eigenvalue weighted by atomic mass is 19.1. The summed E-state index contributed by atoms with van der Waals surface area (Å²) in [6.07, 6.45) is 2.96. The van der Waals surface area contributed by atoms with Crippen LogP contribution in [0.5, 0.6) is 5.75 Å². The van der Waals surface area contributed by atoms with Crippen LogP contribution in [0.1, 0.15) is 29.5 Å². The van der Waals surface area contributed by atoms with Crippen molar-refractivity contribution in [2.24, 2.45) is 11.1 Å². The van der Waals surface area contributed by atoms with Crippen molar-refractivity contribution in [3.8, 4) is 17.6 Å². The minimum atomic E-state index is -0.445. The Bertz CT molecular complexity index is 818. The molecule has 0 radical (unpaired) electrons. The average molecular weight is 353 g/mol. The molecule has 26 heavy (non-hydrogen) atoms. The third kappa shape index (κ3) is 4.84. The van der Waals surface area contributed by atoms with Crippen molar-refractivity contribution in [2.75, 3.05) is 13.2 Å². The maximum absolute atomic E-state index is 14.1. The number of benzene rings is 2. The smallest absolute Gasteiger partial charge is 0.132 e. The molecule has 1 N–H and O–H groups in total. The summed E-state index contributed by atoms with van der Waals surface area (Å²) in [4.78, 5) is 0. The zero-order valence-electron chi connectivity index (χ0n) is 14.3. The van der Waals surface area contributed by atoms with E-state index in [9.17, 15) is 4.39 Å². The van der Waals surface area contributed by atoms with E-state index in [0.29, 0.717) is 30.1 Å². The molecule has 0 aromatic heterocycles. The number of hydrogen-bond donors (Lipinski definition) is 1. The lowest BCUT2D eigenvalue weighted by atomic mass is 9.99. The van der Waals surface area contributed by atoms with Gasteiger partial charge in [-0.25, -0.2) is 4.39 Å². The maximum atomic E-state index is 14.1. The molecule has 0 atom stereocenters. The van der Waals surface area contributed by atoms with Crippen LogP contribution in [0.4, 0.5) is 4.39 Å². The fourth-order valence-corrected chi connectivity index (χ4v) is 2.76. The zero-order chi connectivity index (χ0) is 18.2. The quantitative estimate of drug-likeness (QED) is 0.391. The summed E-state index contributed by atoms with van der Waals surface area (Å²) in [7, 11) is 0. The molecule has 0 saturated carbocycles.